The van der Waals surface area contributed by atoms with Crippen LogP contribution in [0, 0.1) is 6.92 Å². The minimum atomic E-state index is 0.839. The summed E-state index contributed by atoms with van der Waals surface area (Å²) < 4.78 is 5.62. The van der Waals surface area contributed by atoms with Crippen LogP contribution in [0.1, 0.15) is 5.56 Å². The molecule has 0 aliphatic carbocycles. The van der Waals surface area contributed by atoms with Crippen molar-refractivity contribution in [1.29, 1.82) is 0 Å². The van der Waals surface area contributed by atoms with Crippen LogP contribution in [0.5, 0.6) is 5.75 Å². The standard InChI is InChI=1S/C40H31N3OS/c1-28-34(16-11-18-38(28)44-2)36-26-30(27-37(42-36)35-17-9-10-25-41-35)40-24-23-39(45-40)29-19-21-33(22-20-29)43(31-12-5-3-6-13-31)32-14-7-4-8-15-32/h3-27H,1-2H3. The van der Waals surface area contributed by atoms with Crippen molar-refractivity contribution in [2.24, 2.45) is 0 Å². The average Bonchev–Trinajstić information content (AvgIpc) is 3.61. The predicted octanol–water partition coefficient (Wildman–Crippen LogP) is 11.0. The van der Waals surface area contributed by atoms with Gasteiger partial charge in [0.05, 0.1) is 24.2 Å². The fourth-order valence-electron chi connectivity index (χ4n) is 5.59. The van der Waals surface area contributed by atoms with Gasteiger partial charge in [0.2, 0.25) is 0 Å². The van der Waals surface area contributed by atoms with E-state index in [1.807, 2.05) is 48.7 Å². The second kappa shape index (κ2) is 12.6. The van der Waals surface area contributed by atoms with Crippen molar-refractivity contribution in [3.05, 3.63) is 157 Å². The number of hydrogen-bond donors (Lipinski definition) is 0. The number of rotatable bonds is 8. The van der Waals surface area contributed by atoms with Crippen LogP contribution in [0.25, 0.3) is 43.5 Å². The summed E-state index contributed by atoms with van der Waals surface area (Å²) in [6.45, 7) is 2.08. The smallest absolute Gasteiger partial charge is 0.122 e. The Morgan fingerprint density at radius 1 is 0.556 bits per heavy atom. The van der Waals surface area contributed by atoms with Crippen molar-refractivity contribution in [3.63, 3.8) is 0 Å². The number of para-hydroxylation sites is 2. The number of methoxy groups -OCH3 is 1. The Morgan fingerprint density at radius 3 is 1.82 bits per heavy atom. The normalized spacial score (nSPS) is 10.9. The summed E-state index contributed by atoms with van der Waals surface area (Å²) in [4.78, 5) is 14.3. The summed E-state index contributed by atoms with van der Waals surface area (Å²) in [5.74, 6) is 0.846. The summed E-state index contributed by atoms with van der Waals surface area (Å²) in [6.07, 6.45) is 1.81. The van der Waals surface area contributed by atoms with Crippen LogP contribution in [0.3, 0.4) is 0 Å². The van der Waals surface area contributed by atoms with Crippen LogP contribution >= 0.6 is 11.3 Å². The molecule has 3 aromatic heterocycles. The maximum absolute atomic E-state index is 5.62. The lowest BCUT2D eigenvalue weighted by atomic mass is 10.0. The molecule has 0 amide bonds. The molecule has 7 rings (SSSR count). The van der Waals surface area contributed by atoms with Crippen molar-refractivity contribution in [3.8, 4) is 49.3 Å². The molecule has 0 bridgehead atoms. The molecule has 0 saturated heterocycles. The van der Waals surface area contributed by atoms with E-state index in [9.17, 15) is 0 Å². The average molecular weight is 602 g/mol. The topological polar surface area (TPSA) is 38.2 Å². The Hall–Kier alpha value is -5.52. The Labute approximate surface area is 267 Å². The molecule has 0 unspecified atom stereocenters. The van der Waals surface area contributed by atoms with Gasteiger partial charge in [-0.15, -0.1) is 11.3 Å². The van der Waals surface area contributed by atoms with Gasteiger partial charge in [-0.2, -0.15) is 0 Å². The lowest BCUT2D eigenvalue weighted by Crippen LogP contribution is -2.09. The lowest BCUT2D eigenvalue weighted by Gasteiger charge is -2.25. The molecule has 0 atom stereocenters. The molecule has 0 radical (unpaired) electrons. The van der Waals surface area contributed by atoms with Gasteiger partial charge in [0, 0.05) is 44.1 Å². The highest BCUT2D eigenvalue weighted by Crippen LogP contribution is 2.40. The molecule has 3 heterocycles. The van der Waals surface area contributed by atoms with Crippen molar-refractivity contribution < 1.29 is 4.74 Å². The largest absolute Gasteiger partial charge is 0.496 e. The number of nitrogens with zero attached hydrogens (tertiary/aromatic N) is 3. The minimum Gasteiger partial charge on any atom is -0.496 e. The van der Waals surface area contributed by atoms with E-state index in [1.54, 1.807) is 18.4 Å². The van der Waals surface area contributed by atoms with Gasteiger partial charge in [0.1, 0.15) is 5.75 Å². The van der Waals surface area contributed by atoms with Gasteiger partial charge in [-0.05, 0) is 96.9 Å². The quantitative estimate of drug-likeness (QED) is 0.174. The van der Waals surface area contributed by atoms with Crippen LogP contribution < -0.4 is 9.64 Å². The number of anilines is 3. The molecule has 4 aromatic carbocycles. The van der Waals surface area contributed by atoms with Gasteiger partial charge in [-0.1, -0.05) is 66.7 Å². The summed E-state index contributed by atoms with van der Waals surface area (Å²) in [6, 6.07) is 50.5. The van der Waals surface area contributed by atoms with Gasteiger partial charge < -0.3 is 9.64 Å². The Balaban J connectivity index is 1.25. The fraction of sp³-hybridized carbons (Fsp3) is 0.0500. The molecule has 4 nitrogen and oxygen atoms in total. The van der Waals surface area contributed by atoms with E-state index in [1.165, 1.54) is 15.3 Å². The zero-order chi connectivity index (χ0) is 30.6. The molecule has 218 valence electrons. The van der Waals surface area contributed by atoms with E-state index >= 15 is 0 Å². The zero-order valence-electron chi connectivity index (χ0n) is 25.1. The molecule has 0 spiro atoms. The predicted molar refractivity (Wildman–Crippen MR) is 188 cm³/mol. The van der Waals surface area contributed by atoms with Gasteiger partial charge in [0.25, 0.3) is 0 Å². The Morgan fingerprint density at radius 2 is 1.18 bits per heavy atom. The van der Waals surface area contributed by atoms with Crippen molar-refractivity contribution >= 4 is 28.4 Å². The summed E-state index contributed by atoms with van der Waals surface area (Å²) >= 11 is 1.78. The van der Waals surface area contributed by atoms with Gasteiger partial charge in [0.15, 0.2) is 0 Å². The van der Waals surface area contributed by atoms with E-state index in [2.05, 4.69) is 120 Å². The van der Waals surface area contributed by atoms with Gasteiger partial charge >= 0.3 is 0 Å². The number of pyridine rings is 2. The fourth-order valence-corrected chi connectivity index (χ4v) is 6.59. The number of thiophene rings is 1. The maximum Gasteiger partial charge on any atom is 0.122 e. The van der Waals surface area contributed by atoms with E-state index in [4.69, 9.17) is 9.72 Å². The van der Waals surface area contributed by atoms with Crippen molar-refractivity contribution in [2.75, 3.05) is 12.0 Å². The van der Waals surface area contributed by atoms with E-state index in [-0.39, 0.29) is 0 Å². The first-order valence-corrected chi connectivity index (χ1v) is 15.7. The van der Waals surface area contributed by atoms with E-state index in [0.717, 1.165) is 56.6 Å². The second-order valence-electron chi connectivity index (χ2n) is 10.7. The number of hydrogen-bond acceptors (Lipinski definition) is 5. The Bertz CT molecular complexity index is 2000. The molecular weight excluding hydrogens is 571 g/mol. The molecule has 45 heavy (non-hydrogen) atoms. The highest BCUT2D eigenvalue weighted by Gasteiger charge is 2.16. The molecule has 0 fully saturated rings. The molecule has 0 saturated carbocycles. The van der Waals surface area contributed by atoms with E-state index in [0.29, 0.717) is 0 Å². The highest BCUT2D eigenvalue weighted by molar-refractivity contribution is 7.18. The monoisotopic (exact) mass is 601 g/mol. The van der Waals surface area contributed by atoms with Crippen LogP contribution in [-0.2, 0) is 0 Å². The maximum atomic E-state index is 5.62. The zero-order valence-corrected chi connectivity index (χ0v) is 25.9. The van der Waals surface area contributed by atoms with Crippen molar-refractivity contribution in [2.45, 2.75) is 6.92 Å². The third-order valence-corrected chi connectivity index (χ3v) is 9.05. The first-order chi connectivity index (χ1) is 22.2. The summed E-state index contributed by atoms with van der Waals surface area (Å²) in [5, 5.41) is 0. The molecule has 0 N–H and O–H groups in total. The molecule has 7 aromatic rings. The number of aromatic nitrogens is 2. The van der Waals surface area contributed by atoms with Crippen LogP contribution in [0.2, 0.25) is 0 Å². The summed E-state index contributed by atoms with van der Waals surface area (Å²) in [5.41, 5.74) is 10.3. The molecular formula is C40H31N3OS. The number of benzene rings is 4. The highest BCUT2D eigenvalue weighted by atomic mass is 32.1. The van der Waals surface area contributed by atoms with Crippen LogP contribution in [0.15, 0.2) is 152 Å². The molecule has 0 aliphatic rings. The first-order valence-electron chi connectivity index (χ1n) is 14.9. The van der Waals surface area contributed by atoms with Gasteiger partial charge in [-0.3, -0.25) is 4.98 Å². The first kappa shape index (κ1) is 28.3. The van der Waals surface area contributed by atoms with Crippen LogP contribution in [-0.4, -0.2) is 17.1 Å². The number of ether oxygens (including phenoxy) is 1. The van der Waals surface area contributed by atoms with Crippen molar-refractivity contribution in [1.82, 2.24) is 9.97 Å². The third kappa shape index (κ3) is 5.86. The SMILES string of the molecule is COc1cccc(-c2cc(-c3ccc(-c4ccc(N(c5ccccc5)c5ccccc5)cc4)s3)cc(-c3ccccn3)n2)c1C. The minimum absolute atomic E-state index is 0.839. The van der Waals surface area contributed by atoms with Crippen LogP contribution in [0.4, 0.5) is 17.1 Å². The summed E-state index contributed by atoms with van der Waals surface area (Å²) in [7, 11) is 1.70. The third-order valence-electron chi connectivity index (χ3n) is 7.86. The second-order valence-corrected chi connectivity index (χ2v) is 11.8. The lowest BCUT2D eigenvalue weighted by molar-refractivity contribution is 0.412. The Kier molecular flexibility index (Phi) is 7.92. The molecule has 5 heteroatoms. The molecule has 0 aliphatic heterocycles. The van der Waals surface area contributed by atoms with Gasteiger partial charge in [-0.25, -0.2) is 4.98 Å². The van der Waals surface area contributed by atoms with E-state index < -0.39 is 0 Å².